The van der Waals surface area contributed by atoms with E-state index in [-0.39, 0.29) is 24.8 Å². The molecule has 0 aromatic heterocycles. The Kier molecular flexibility index (Phi) is 6.57. The Labute approximate surface area is 188 Å². The van der Waals surface area contributed by atoms with E-state index in [1.807, 2.05) is 6.92 Å². The molecule has 1 atom stereocenters. The van der Waals surface area contributed by atoms with E-state index >= 15 is 0 Å². The number of amides is 1. The molecule has 0 N–H and O–H groups in total. The first kappa shape index (κ1) is 22.4. The predicted molar refractivity (Wildman–Crippen MR) is 118 cm³/mol. The summed E-state index contributed by atoms with van der Waals surface area (Å²) in [4.78, 5) is 14.4. The molecular formula is C23H28N2O6S. The van der Waals surface area contributed by atoms with Gasteiger partial charge in [0, 0.05) is 19.1 Å². The summed E-state index contributed by atoms with van der Waals surface area (Å²) >= 11 is 0. The number of cyclic esters (lactones) is 1. The number of carbonyl (C=O) groups is 1. The van der Waals surface area contributed by atoms with Crippen LogP contribution in [0.2, 0.25) is 0 Å². The van der Waals surface area contributed by atoms with Crippen LogP contribution in [0.5, 0.6) is 11.5 Å². The Bertz CT molecular complexity index is 1030. The van der Waals surface area contributed by atoms with Crippen molar-refractivity contribution in [2.24, 2.45) is 0 Å². The van der Waals surface area contributed by atoms with Crippen molar-refractivity contribution in [1.29, 1.82) is 0 Å². The summed E-state index contributed by atoms with van der Waals surface area (Å²) in [5.41, 5.74) is 1.01. The Morgan fingerprint density at radius 2 is 1.62 bits per heavy atom. The van der Waals surface area contributed by atoms with Crippen molar-refractivity contribution in [3.63, 3.8) is 0 Å². The van der Waals surface area contributed by atoms with Crippen molar-refractivity contribution in [3.05, 3.63) is 54.1 Å². The average Bonchev–Trinajstić information content (AvgIpc) is 3.19. The molecule has 0 saturated carbocycles. The molecule has 2 heterocycles. The number of ether oxygens (including phenoxy) is 3. The van der Waals surface area contributed by atoms with Crippen LogP contribution in [0.4, 0.5) is 4.79 Å². The molecule has 2 aromatic carbocycles. The second-order valence-corrected chi connectivity index (χ2v) is 10.0. The standard InChI is InChI=1S/C23H28N2O6S/c1-17-3-9-22(10-4-17)32(27,28)24-13-11-18(12-14-24)25-15-21(31-23(25)26)16-30-20-7-5-19(29-2)6-8-20/h3-10,18,21H,11-16H2,1-2H3. The van der Waals surface area contributed by atoms with Crippen LogP contribution < -0.4 is 9.47 Å². The molecule has 2 fully saturated rings. The van der Waals surface area contributed by atoms with Gasteiger partial charge >= 0.3 is 6.09 Å². The maximum absolute atomic E-state index is 12.9. The average molecular weight is 461 g/mol. The van der Waals surface area contributed by atoms with Crippen molar-refractivity contribution < 1.29 is 27.4 Å². The van der Waals surface area contributed by atoms with Crippen molar-refractivity contribution in [3.8, 4) is 11.5 Å². The first-order valence-electron chi connectivity index (χ1n) is 10.7. The van der Waals surface area contributed by atoms with Crippen LogP contribution in [0, 0.1) is 6.92 Å². The number of rotatable bonds is 7. The molecule has 4 rings (SSSR count). The number of aryl methyl sites for hydroxylation is 1. The molecule has 2 aliphatic heterocycles. The lowest BCUT2D eigenvalue weighted by molar-refractivity contribution is 0.0999. The molecule has 172 valence electrons. The minimum Gasteiger partial charge on any atom is -0.497 e. The quantitative estimate of drug-likeness (QED) is 0.631. The molecular weight excluding hydrogens is 432 g/mol. The number of sulfonamides is 1. The molecule has 8 nitrogen and oxygen atoms in total. The Hall–Kier alpha value is -2.78. The van der Waals surface area contributed by atoms with Gasteiger partial charge in [-0.15, -0.1) is 0 Å². The monoisotopic (exact) mass is 460 g/mol. The first-order valence-corrected chi connectivity index (χ1v) is 12.1. The van der Waals surface area contributed by atoms with E-state index in [9.17, 15) is 13.2 Å². The van der Waals surface area contributed by atoms with Crippen LogP contribution in [0.3, 0.4) is 0 Å². The van der Waals surface area contributed by atoms with Gasteiger partial charge in [-0.05, 0) is 56.2 Å². The molecule has 9 heteroatoms. The maximum atomic E-state index is 12.9. The summed E-state index contributed by atoms with van der Waals surface area (Å²) < 4.78 is 43.6. The number of piperidine rings is 1. The lowest BCUT2D eigenvalue weighted by Crippen LogP contribution is -2.47. The zero-order valence-electron chi connectivity index (χ0n) is 18.3. The fraction of sp³-hybridized carbons (Fsp3) is 0.435. The van der Waals surface area contributed by atoms with E-state index in [2.05, 4.69) is 0 Å². The van der Waals surface area contributed by atoms with Gasteiger partial charge in [0.05, 0.1) is 18.6 Å². The molecule has 1 amide bonds. The first-order chi connectivity index (χ1) is 15.4. The number of hydrogen-bond donors (Lipinski definition) is 0. The van der Waals surface area contributed by atoms with E-state index in [1.165, 1.54) is 4.31 Å². The smallest absolute Gasteiger partial charge is 0.410 e. The highest BCUT2D eigenvalue weighted by Crippen LogP contribution is 2.27. The van der Waals surface area contributed by atoms with Gasteiger partial charge in [0.15, 0.2) is 6.10 Å². The summed E-state index contributed by atoms with van der Waals surface area (Å²) in [5.74, 6) is 1.42. The van der Waals surface area contributed by atoms with Gasteiger partial charge in [0.1, 0.15) is 18.1 Å². The third kappa shape index (κ3) is 4.83. The zero-order valence-corrected chi connectivity index (χ0v) is 19.1. The van der Waals surface area contributed by atoms with Gasteiger partial charge in [-0.3, -0.25) is 0 Å². The fourth-order valence-corrected chi connectivity index (χ4v) is 5.51. The zero-order chi connectivity index (χ0) is 22.7. The normalized spacial score (nSPS) is 20.2. The number of hydrogen-bond acceptors (Lipinski definition) is 6. The fourth-order valence-electron chi connectivity index (χ4n) is 4.04. The number of carbonyl (C=O) groups excluding carboxylic acids is 1. The van der Waals surface area contributed by atoms with Crippen LogP contribution in [0.1, 0.15) is 18.4 Å². The minimum atomic E-state index is -3.52. The molecule has 2 saturated heterocycles. The Morgan fingerprint density at radius 3 is 2.25 bits per heavy atom. The molecule has 0 bridgehead atoms. The van der Waals surface area contributed by atoms with Gasteiger partial charge in [0.25, 0.3) is 0 Å². The van der Waals surface area contributed by atoms with Crippen LogP contribution in [-0.2, 0) is 14.8 Å². The maximum Gasteiger partial charge on any atom is 0.410 e. The highest BCUT2D eigenvalue weighted by Gasteiger charge is 2.39. The number of methoxy groups -OCH3 is 1. The topological polar surface area (TPSA) is 85.4 Å². The van der Waals surface area contributed by atoms with E-state index in [0.717, 1.165) is 11.3 Å². The van der Waals surface area contributed by atoms with Crippen molar-refractivity contribution in [2.75, 3.05) is 33.4 Å². The third-order valence-corrected chi connectivity index (χ3v) is 7.83. The van der Waals surface area contributed by atoms with Crippen molar-refractivity contribution in [2.45, 2.75) is 36.8 Å². The highest BCUT2D eigenvalue weighted by molar-refractivity contribution is 7.89. The van der Waals surface area contributed by atoms with Crippen molar-refractivity contribution in [1.82, 2.24) is 9.21 Å². The summed E-state index contributed by atoms with van der Waals surface area (Å²) in [6.07, 6.45) is 0.422. The molecule has 0 aliphatic carbocycles. The second-order valence-electron chi connectivity index (χ2n) is 8.09. The SMILES string of the molecule is COc1ccc(OCC2CN(C3CCN(S(=O)(=O)c4ccc(C)cc4)CC3)C(=O)O2)cc1. The van der Waals surface area contributed by atoms with Gasteiger partial charge in [-0.2, -0.15) is 4.31 Å². The lowest BCUT2D eigenvalue weighted by Gasteiger charge is -2.34. The molecule has 0 spiro atoms. The largest absolute Gasteiger partial charge is 0.497 e. The van der Waals surface area contributed by atoms with Crippen LogP contribution in [0.15, 0.2) is 53.4 Å². The third-order valence-electron chi connectivity index (χ3n) is 5.92. The Morgan fingerprint density at radius 1 is 1.00 bits per heavy atom. The van der Waals surface area contributed by atoms with E-state index in [4.69, 9.17) is 14.2 Å². The minimum absolute atomic E-state index is 0.0436. The van der Waals surface area contributed by atoms with Crippen LogP contribution >= 0.6 is 0 Å². The number of benzene rings is 2. The lowest BCUT2D eigenvalue weighted by atomic mass is 10.1. The molecule has 2 aromatic rings. The highest BCUT2D eigenvalue weighted by atomic mass is 32.2. The van der Waals surface area contributed by atoms with Crippen LogP contribution in [-0.4, -0.2) is 69.2 Å². The number of nitrogens with zero attached hydrogens (tertiary/aromatic N) is 2. The van der Waals surface area contributed by atoms with Gasteiger partial charge in [0.2, 0.25) is 10.0 Å². The molecule has 32 heavy (non-hydrogen) atoms. The molecule has 0 radical (unpaired) electrons. The van der Waals surface area contributed by atoms with Gasteiger partial charge in [-0.25, -0.2) is 13.2 Å². The molecule has 2 aliphatic rings. The van der Waals surface area contributed by atoms with Crippen LogP contribution in [0.25, 0.3) is 0 Å². The van der Waals surface area contributed by atoms with Gasteiger partial charge in [-0.1, -0.05) is 17.7 Å². The van der Waals surface area contributed by atoms with E-state index in [1.54, 1.807) is 60.5 Å². The van der Waals surface area contributed by atoms with Crippen molar-refractivity contribution >= 4 is 16.1 Å². The van der Waals surface area contributed by atoms with E-state index < -0.39 is 10.0 Å². The van der Waals surface area contributed by atoms with E-state index in [0.29, 0.717) is 43.1 Å². The summed E-state index contributed by atoms with van der Waals surface area (Å²) in [7, 11) is -1.92. The van der Waals surface area contributed by atoms with Gasteiger partial charge < -0.3 is 19.1 Å². The Balaban J connectivity index is 1.29. The predicted octanol–water partition coefficient (Wildman–Crippen LogP) is 3.06. The second kappa shape index (κ2) is 9.38. The summed E-state index contributed by atoms with van der Waals surface area (Å²) in [6.45, 7) is 3.36. The summed E-state index contributed by atoms with van der Waals surface area (Å²) in [5, 5.41) is 0. The summed E-state index contributed by atoms with van der Waals surface area (Å²) in [6, 6.07) is 14.1. The molecule has 1 unspecified atom stereocenters.